The topological polar surface area (TPSA) is 54.4 Å². The van der Waals surface area contributed by atoms with Crippen LogP contribution in [-0.2, 0) is 9.59 Å². The third-order valence-electron chi connectivity index (χ3n) is 3.27. The summed E-state index contributed by atoms with van der Waals surface area (Å²) in [6.07, 6.45) is 1.90. The standard InChI is InChI=1S/C10H12O3/c1-5-4-7-6(2-3-8(7)11)9(5)10(12)13/h6-7,9H,1-4H2,(H,12,13). The highest BCUT2D eigenvalue weighted by Gasteiger charge is 2.48. The molecule has 0 spiro atoms. The van der Waals surface area contributed by atoms with E-state index < -0.39 is 11.9 Å². The van der Waals surface area contributed by atoms with Crippen LogP contribution in [0.5, 0.6) is 0 Å². The van der Waals surface area contributed by atoms with Gasteiger partial charge in [0.25, 0.3) is 0 Å². The zero-order valence-electron chi connectivity index (χ0n) is 7.32. The Kier molecular flexibility index (Phi) is 1.75. The van der Waals surface area contributed by atoms with Crippen LogP contribution in [0.4, 0.5) is 0 Å². The number of aliphatic carboxylic acids is 1. The summed E-state index contributed by atoms with van der Waals surface area (Å²) in [5, 5.41) is 8.94. The molecule has 13 heavy (non-hydrogen) atoms. The van der Waals surface area contributed by atoms with Crippen molar-refractivity contribution < 1.29 is 14.7 Å². The summed E-state index contributed by atoms with van der Waals surface area (Å²) in [6, 6.07) is 0. The second-order valence-corrected chi connectivity index (χ2v) is 3.95. The van der Waals surface area contributed by atoms with Gasteiger partial charge in [0.2, 0.25) is 0 Å². The molecule has 0 radical (unpaired) electrons. The van der Waals surface area contributed by atoms with E-state index in [2.05, 4.69) is 6.58 Å². The van der Waals surface area contributed by atoms with Gasteiger partial charge in [-0.2, -0.15) is 0 Å². The number of hydrogen-bond acceptors (Lipinski definition) is 2. The summed E-state index contributed by atoms with van der Waals surface area (Å²) in [5.74, 6) is -1.04. The molecule has 70 valence electrons. The van der Waals surface area contributed by atoms with E-state index in [0.717, 1.165) is 12.0 Å². The molecule has 3 unspecified atom stereocenters. The molecule has 2 rings (SSSR count). The van der Waals surface area contributed by atoms with Gasteiger partial charge in [0.1, 0.15) is 5.78 Å². The van der Waals surface area contributed by atoms with E-state index >= 15 is 0 Å². The van der Waals surface area contributed by atoms with Crippen molar-refractivity contribution in [3.8, 4) is 0 Å². The molecule has 3 nitrogen and oxygen atoms in total. The molecule has 2 saturated carbocycles. The number of rotatable bonds is 1. The van der Waals surface area contributed by atoms with E-state index in [9.17, 15) is 9.59 Å². The minimum absolute atomic E-state index is 0.0337. The number of carbonyl (C=O) groups excluding carboxylic acids is 1. The molecule has 3 heteroatoms. The van der Waals surface area contributed by atoms with Gasteiger partial charge >= 0.3 is 5.97 Å². The van der Waals surface area contributed by atoms with Gasteiger partial charge < -0.3 is 5.11 Å². The molecule has 2 aliphatic carbocycles. The van der Waals surface area contributed by atoms with Crippen LogP contribution in [0.1, 0.15) is 19.3 Å². The largest absolute Gasteiger partial charge is 0.481 e. The van der Waals surface area contributed by atoms with Gasteiger partial charge in [-0.05, 0) is 18.8 Å². The first-order valence-corrected chi connectivity index (χ1v) is 4.54. The van der Waals surface area contributed by atoms with Gasteiger partial charge in [-0.1, -0.05) is 12.2 Å². The molecule has 2 aliphatic rings. The molecule has 0 saturated heterocycles. The van der Waals surface area contributed by atoms with Crippen LogP contribution < -0.4 is 0 Å². The van der Waals surface area contributed by atoms with Gasteiger partial charge in [-0.3, -0.25) is 9.59 Å². The quantitative estimate of drug-likeness (QED) is 0.618. The number of carbonyl (C=O) groups is 2. The molecule has 0 bridgehead atoms. The zero-order valence-corrected chi connectivity index (χ0v) is 7.32. The third-order valence-corrected chi connectivity index (χ3v) is 3.27. The van der Waals surface area contributed by atoms with Crippen LogP contribution in [0, 0.1) is 17.8 Å². The molecule has 0 aromatic heterocycles. The normalized spacial score (nSPS) is 38.0. The first-order valence-electron chi connectivity index (χ1n) is 4.54. The molecular formula is C10H12O3. The highest BCUT2D eigenvalue weighted by Crippen LogP contribution is 2.48. The van der Waals surface area contributed by atoms with Gasteiger partial charge in [-0.15, -0.1) is 0 Å². The van der Waals surface area contributed by atoms with Crippen LogP contribution in [0.2, 0.25) is 0 Å². The Morgan fingerprint density at radius 2 is 2.23 bits per heavy atom. The van der Waals surface area contributed by atoms with Crippen LogP contribution in [0.25, 0.3) is 0 Å². The first-order chi connectivity index (χ1) is 6.11. The van der Waals surface area contributed by atoms with E-state index in [1.807, 2.05) is 0 Å². The van der Waals surface area contributed by atoms with E-state index in [1.165, 1.54) is 0 Å². The molecule has 0 aromatic carbocycles. The summed E-state index contributed by atoms with van der Waals surface area (Å²) in [6.45, 7) is 3.74. The van der Waals surface area contributed by atoms with Crippen molar-refractivity contribution in [1.82, 2.24) is 0 Å². The third kappa shape index (κ3) is 1.10. The number of carboxylic acid groups (broad SMARTS) is 1. The summed E-state index contributed by atoms with van der Waals surface area (Å²) >= 11 is 0. The average Bonchev–Trinajstić information content (AvgIpc) is 2.51. The second-order valence-electron chi connectivity index (χ2n) is 3.95. The zero-order chi connectivity index (χ0) is 9.59. The summed E-state index contributed by atoms with van der Waals surface area (Å²) in [4.78, 5) is 22.2. The first kappa shape index (κ1) is 8.48. The summed E-state index contributed by atoms with van der Waals surface area (Å²) < 4.78 is 0. The van der Waals surface area contributed by atoms with Gasteiger partial charge in [0.15, 0.2) is 0 Å². The van der Waals surface area contributed by atoms with Gasteiger partial charge in [0.05, 0.1) is 5.92 Å². The Balaban J connectivity index is 2.27. The van der Waals surface area contributed by atoms with Crippen LogP contribution in [0.15, 0.2) is 12.2 Å². The lowest BCUT2D eigenvalue weighted by molar-refractivity contribution is -0.141. The predicted molar refractivity (Wildman–Crippen MR) is 46.1 cm³/mol. The number of hydrogen-bond donors (Lipinski definition) is 1. The van der Waals surface area contributed by atoms with Crippen molar-refractivity contribution in [2.24, 2.45) is 17.8 Å². The van der Waals surface area contributed by atoms with Gasteiger partial charge in [-0.25, -0.2) is 0 Å². The van der Waals surface area contributed by atoms with Crippen molar-refractivity contribution in [3.63, 3.8) is 0 Å². The Morgan fingerprint density at radius 1 is 1.54 bits per heavy atom. The van der Waals surface area contributed by atoms with Crippen molar-refractivity contribution >= 4 is 11.8 Å². The van der Waals surface area contributed by atoms with Crippen LogP contribution in [-0.4, -0.2) is 16.9 Å². The van der Waals surface area contributed by atoms with E-state index in [-0.39, 0.29) is 17.6 Å². The SMILES string of the molecule is C=C1CC2C(=O)CCC2C1C(=O)O. The molecular weight excluding hydrogens is 168 g/mol. The lowest BCUT2D eigenvalue weighted by atomic mass is 9.91. The minimum Gasteiger partial charge on any atom is -0.481 e. The Bertz CT molecular complexity index is 293. The number of Topliss-reactive ketones (excluding diaryl/α,β-unsaturated/α-hetero) is 1. The maximum absolute atomic E-state index is 11.3. The highest BCUT2D eigenvalue weighted by atomic mass is 16.4. The van der Waals surface area contributed by atoms with Crippen molar-refractivity contribution in [2.75, 3.05) is 0 Å². The smallest absolute Gasteiger partial charge is 0.310 e. The fourth-order valence-corrected chi connectivity index (χ4v) is 2.67. The Labute approximate surface area is 76.4 Å². The Hall–Kier alpha value is -1.12. The van der Waals surface area contributed by atoms with E-state index in [0.29, 0.717) is 12.8 Å². The van der Waals surface area contributed by atoms with E-state index in [1.54, 1.807) is 0 Å². The number of carboxylic acids is 1. The molecule has 0 aliphatic heterocycles. The lowest BCUT2D eigenvalue weighted by Crippen LogP contribution is -2.20. The maximum atomic E-state index is 11.3. The van der Waals surface area contributed by atoms with Crippen molar-refractivity contribution in [3.05, 3.63) is 12.2 Å². The lowest BCUT2D eigenvalue weighted by Gasteiger charge is -2.12. The molecule has 2 fully saturated rings. The number of ketones is 1. The molecule has 1 N–H and O–H groups in total. The van der Waals surface area contributed by atoms with Crippen molar-refractivity contribution in [1.29, 1.82) is 0 Å². The summed E-state index contributed by atoms with van der Waals surface area (Å²) in [5.41, 5.74) is 0.732. The van der Waals surface area contributed by atoms with Crippen molar-refractivity contribution in [2.45, 2.75) is 19.3 Å². The predicted octanol–water partition coefficient (Wildman–Crippen LogP) is 1.24. The molecule has 0 amide bonds. The second kappa shape index (κ2) is 2.69. The monoisotopic (exact) mass is 180 g/mol. The van der Waals surface area contributed by atoms with E-state index in [4.69, 9.17) is 5.11 Å². The molecule has 0 aromatic rings. The fourth-order valence-electron chi connectivity index (χ4n) is 2.67. The number of fused-ring (bicyclic) bond motifs is 1. The fraction of sp³-hybridized carbons (Fsp3) is 0.600. The maximum Gasteiger partial charge on any atom is 0.310 e. The minimum atomic E-state index is -0.813. The summed E-state index contributed by atoms with van der Waals surface area (Å²) in [7, 11) is 0. The average molecular weight is 180 g/mol. The van der Waals surface area contributed by atoms with Crippen LogP contribution >= 0.6 is 0 Å². The molecule has 0 heterocycles. The highest BCUT2D eigenvalue weighted by molar-refractivity contribution is 5.87. The van der Waals surface area contributed by atoms with Crippen LogP contribution in [0.3, 0.4) is 0 Å². The Morgan fingerprint density at radius 3 is 2.85 bits per heavy atom. The van der Waals surface area contributed by atoms with Gasteiger partial charge in [0, 0.05) is 12.3 Å². The molecule has 3 atom stereocenters.